The number of carbonyl (C=O) groups excluding carboxylic acids is 1. The number of hydrogen-bond donors (Lipinski definition) is 1. The molecular weight excluding hydrogens is 252 g/mol. The van der Waals surface area contributed by atoms with Gasteiger partial charge in [-0.05, 0) is 17.7 Å². The number of nitrogens with one attached hydrogen (secondary N) is 1. The lowest BCUT2D eigenvalue weighted by Gasteiger charge is -2.38. The van der Waals surface area contributed by atoms with Crippen molar-refractivity contribution in [3.8, 4) is 6.07 Å². The Kier molecular flexibility index (Phi) is 4.20. The van der Waals surface area contributed by atoms with E-state index in [1.807, 2.05) is 26.0 Å². The van der Waals surface area contributed by atoms with Crippen LogP contribution in [0.15, 0.2) is 24.3 Å². The minimum absolute atomic E-state index is 0. The molecule has 0 aliphatic carbocycles. The van der Waals surface area contributed by atoms with E-state index in [9.17, 15) is 4.79 Å². The summed E-state index contributed by atoms with van der Waals surface area (Å²) in [6, 6.07) is 9.25. The molecule has 1 atom stereocenters. The van der Waals surface area contributed by atoms with Gasteiger partial charge in [-0.3, -0.25) is 0 Å². The van der Waals surface area contributed by atoms with Crippen LogP contribution in [0.4, 0.5) is 4.79 Å². The molecule has 1 aromatic carbocycles. The lowest BCUT2D eigenvalue weighted by molar-refractivity contribution is 0.0387. The molecule has 0 radical (unpaired) electrons. The monoisotopic (exact) mass is 266 g/mol. The summed E-state index contributed by atoms with van der Waals surface area (Å²) in [6.45, 7) is 4.47. The number of amides is 1. The number of benzene rings is 1. The van der Waals surface area contributed by atoms with Crippen LogP contribution in [0.2, 0.25) is 0 Å². The highest BCUT2D eigenvalue weighted by Gasteiger charge is 2.37. The third kappa shape index (κ3) is 2.74. The quantitative estimate of drug-likeness (QED) is 0.850. The van der Waals surface area contributed by atoms with Crippen molar-refractivity contribution in [2.75, 3.05) is 6.61 Å². The van der Waals surface area contributed by atoms with E-state index < -0.39 is 6.09 Å². The van der Waals surface area contributed by atoms with Crippen LogP contribution in [0.25, 0.3) is 0 Å². The molecule has 1 aromatic rings. The van der Waals surface area contributed by atoms with Gasteiger partial charge in [0.2, 0.25) is 0 Å². The highest BCUT2D eigenvalue weighted by molar-refractivity contribution is 5.85. The van der Waals surface area contributed by atoms with E-state index in [1.165, 1.54) is 0 Å². The van der Waals surface area contributed by atoms with Crippen molar-refractivity contribution in [3.05, 3.63) is 35.4 Å². The molecule has 1 heterocycles. The summed E-state index contributed by atoms with van der Waals surface area (Å²) in [4.78, 5) is 11.3. The van der Waals surface area contributed by atoms with Gasteiger partial charge in [-0.25, -0.2) is 4.79 Å². The number of carbonyl (C=O) groups is 1. The van der Waals surface area contributed by atoms with E-state index in [4.69, 9.17) is 10.00 Å². The number of nitrogens with zero attached hydrogens (tertiary/aromatic N) is 1. The molecular formula is C13H15ClN2O2. The van der Waals surface area contributed by atoms with Crippen molar-refractivity contribution in [1.82, 2.24) is 5.32 Å². The standard InChI is InChI=1S/C13H14N2O2.ClH/c1-13(2)8-17-12(16)15-11(13)10-5-3-9(7-14)4-6-10;/h3-6,11H,8H2,1-2H3,(H,15,16);1H/t11-;/m1./s1. The Morgan fingerprint density at radius 1 is 1.39 bits per heavy atom. The van der Waals surface area contributed by atoms with Gasteiger partial charge in [0.15, 0.2) is 0 Å². The molecule has 1 aliphatic heterocycles. The Balaban J connectivity index is 0.00000162. The third-order valence-corrected chi connectivity index (χ3v) is 2.99. The molecule has 1 amide bonds. The molecule has 1 N–H and O–H groups in total. The summed E-state index contributed by atoms with van der Waals surface area (Å²) >= 11 is 0. The van der Waals surface area contributed by atoms with E-state index in [0.29, 0.717) is 12.2 Å². The molecule has 0 aromatic heterocycles. The van der Waals surface area contributed by atoms with Crippen LogP contribution in [0.3, 0.4) is 0 Å². The van der Waals surface area contributed by atoms with Crippen LogP contribution in [-0.4, -0.2) is 12.7 Å². The van der Waals surface area contributed by atoms with Gasteiger partial charge >= 0.3 is 6.09 Å². The van der Waals surface area contributed by atoms with Crippen molar-refractivity contribution >= 4 is 18.5 Å². The van der Waals surface area contributed by atoms with Crippen LogP contribution in [-0.2, 0) is 4.74 Å². The Hall–Kier alpha value is -1.73. The number of nitriles is 1. The largest absolute Gasteiger partial charge is 0.449 e. The van der Waals surface area contributed by atoms with Gasteiger partial charge in [0, 0.05) is 5.41 Å². The fourth-order valence-corrected chi connectivity index (χ4v) is 1.97. The normalized spacial score (nSPS) is 20.9. The summed E-state index contributed by atoms with van der Waals surface area (Å²) in [7, 11) is 0. The predicted octanol–water partition coefficient (Wildman–Crippen LogP) is 2.79. The number of hydrogen-bond acceptors (Lipinski definition) is 3. The first-order valence-electron chi connectivity index (χ1n) is 5.46. The zero-order chi connectivity index (χ0) is 12.5. The Labute approximate surface area is 112 Å². The Morgan fingerprint density at radius 2 is 2.00 bits per heavy atom. The number of alkyl carbamates (subject to hydrolysis) is 1. The maximum atomic E-state index is 11.3. The first-order valence-corrected chi connectivity index (χ1v) is 5.46. The van der Waals surface area contributed by atoms with E-state index in [-0.39, 0.29) is 23.9 Å². The Bertz CT molecular complexity index is 477. The molecule has 96 valence electrons. The second-order valence-corrected chi connectivity index (χ2v) is 4.88. The van der Waals surface area contributed by atoms with Gasteiger partial charge in [-0.1, -0.05) is 26.0 Å². The van der Waals surface area contributed by atoms with Crippen LogP contribution in [0.5, 0.6) is 0 Å². The minimum atomic E-state index is -0.390. The molecule has 1 saturated heterocycles. The molecule has 0 unspecified atom stereocenters. The zero-order valence-electron chi connectivity index (χ0n) is 10.3. The topological polar surface area (TPSA) is 62.1 Å². The lowest BCUT2D eigenvalue weighted by atomic mass is 9.80. The molecule has 0 bridgehead atoms. The molecule has 18 heavy (non-hydrogen) atoms. The number of ether oxygens (including phenoxy) is 1. The van der Waals surface area contributed by atoms with Gasteiger partial charge in [0.25, 0.3) is 0 Å². The SMILES string of the molecule is CC1(C)COC(=O)N[C@@H]1c1ccc(C#N)cc1.Cl. The highest BCUT2D eigenvalue weighted by atomic mass is 35.5. The maximum absolute atomic E-state index is 11.3. The summed E-state index contributed by atoms with van der Waals surface area (Å²) in [5.74, 6) is 0. The van der Waals surface area contributed by atoms with Crippen molar-refractivity contribution in [2.24, 2.45) is 5.41 Å². The van der Waals surface area contributed by atoms with Gasteiger partial charge < -0.3 is 10.1 Å². The van der Waals surface area contributed by atoms with Crippen LogP contribution in [0, 0.1) is 16.7 Å². The van der Waals surface area contributed by atoms with Crippen molar-refractivity contribution in [3.63, 3.8) is 0 Å². The first-order chi connectivity index (χ1) is 8.03. The molecule has 4 nitrogen and oxygen atoms in total. The fourth-order valence-electron chi connectivity index (χ4n) is 1.97. The fraction of sp³-hybridized carbons (Fsp3) is 0.385. The van der Waals surface area contributed by atoms with Gasteiger partial charge in [-0.2, -0.15) is 5.26 Å². The number of rotatable bonds is 1. The molecule has 5 heteroatoms. The van der Waals surface area contributed by atoms with E-state index in [1.54, 1.807) is 12.1 Å². The van der Waals surface area contributed by atoms with E-state index >= 15 is 0 Å². The molecule has 2 rings (SSSR count). The van der Waals surface area contributed by atoms with E-state index in [0.717, 1.165) is 5.56 Å². The van der Waals surface area contributed by atoms with E-state index in [2.05, 4.69) is 11.4 Å². The average molecular weight is 267 g/mol. The van der Waals surface area contributed by atoms with Crippen molar-refractivity contribution in [1.29, 1.82) is 5.26 Å². The van der Waals surface area contributed by atoms with Gasteiger partial charge in [-0.15, -0.1) is 12.4 Å². The van der Waals surface area contributed by atoms with Crippen LogP contribution < -0.4 is 5.32 Å². The molecule has 1 aliphatic rings. The summed E-state index contributed by atoms with van der Waals surface area (Å²) < 4.78 is 4.99. The number of cyclic esters (lactones) is 1. The number of halogens is 1. The lowest BCUT2D eigenvalue weighted by Crippen LogP contribution is -2.46. The van der Waals surface area contributed by atoms with Crippen LogP contribution in [0.1, 0.15) is 31.0 Å². The minimum Gasteiger partial charge on any atom is -0.449 e. The second kappa shape index (κ2) is 5.28. The first kappa shape index (κ1) is 14.3. The molecule has 0 saturated carbocycles. The van der Waals surface area contributed by atoms with Gasteiger partial charge in [0.1, 0.15) is 6.61 Å². The van der Waals surface area contributed by atoms with Crippen molar-refractivity contribution in [2.45, 2.75) is 19.9 Å². The zero-order valence-corrected chi connectivity index (χ0v) is 11.1. The summed E-state index contributed by atoms with van der Waals surface area (Å²) in [5, 5.41) is 11.6. The highest BCUT2D eigenvalue weighted by Crippen LogP contribution is 2.36. The average Bonchev–Trinajstić information content (AvgIpc) is 2.33. The second-order valence-electron chi connectivity index (χ2n) is 4.88. The van der Waals surface area contributed by atoms with Crippen LogP contribution >= 0.6 is 12.4 Å². The maximum Gasteiger partial charge on any atom is 0.407 e. The Morgan fingerprint density at radius 3 is 2.56 bits per heavy atom. The third-order valence-electron chi connectivity index (χ3n) is 2.99. The summed E-state index contributed by atoms with van der Waals surface area (Å²) in [5.41, 5.74) is 1.44. The smallest absolute Gasteiger partial charge is 0.407 e. The van der Waals surface area contributed by atoms with Gasteiger partial charge in [0.05, 0.1) is 17.7 Å². The molecule has 0 spiro atoms. The van der Waals surface area contributed by atoms with Crippen molar-refractivity contribution < 1.29 is 9.53 Å². The summed E-state index contributed by atoms with van der Waals surface area (Å²) in [6.07, 6.45) is -0.390. The predicted molar refractivity (Wildman–Crippen MR) is 69.4 cm³/mol. The molecule has 1 fully saturated rings.